The van der Waals surface area contributed by atoms with Gasteiger partial charge in [-0.25, -0.2) is 15.0 Å². The maximum absolute atomic E-state index is 9.47. The minimum atomic E-state index is 0.268. The molecule has 5 nitrogen and oxygen atoms in total. The van der Waals surface area contributed by atoms with Crippen LogP contribution in [0.3, 0.4) is 0 Å². The van der Waals surface area contributed by atoms with Crippen LogP contribution in [-0.4, -0.2) is 15.0 Å². The summed E-state index contributed by atoms with van der Waals surface area (Å²) in [6.07, 6.45) is 6.60. The van der Waals surface area contributed by atoms with Crippen molar-refractivity contribution in [2.24, 2.45) is 17.8 Å². The molecule has 3 aromatic heterocycles. The summed E-state index contributed by atoms with van der Waals surface area (Å²) in [6.45, 7) is 4.89. The molecule has 0 N–H and O–H groups in total. The van der Waals surface area contributed by atoms with E-state index in [1.165, 1.54) is 43.1 Å². The summed E-state index contributed by atoms with van der Waals surface area (Å²) in [6, 6.07) is 38.1. The summed E-state index contributed by atoms with van der Waals surface area (Å²) in [5, 5.41) is 13.9. The second-order valence-corrected chi connectivity index (χ2v) is 16.4. The summed E-state index contributed by atoms with van der Waals surface area (Å²) in [5.74, 6) is 4.30. The molecule has 2 bridgehead atoms. The van der Waals surface area contributed by atoms with Crippen molar-refractivity contribution in [1.29, 1.82) is 5.26 Å². The van der Waals surface area contributed by atoms with Gasteiger partial charge in [0.25, 0.3) is 0 Å². The van der Waals surface area contributed by atoms with Crippen LogP contribution in [0, 0.1) is 29.1 Å². The summed E-state index contributed by atoms with van der Waals surface area (Å²) in [4.78, 5) is 15.4. The summed E-state index contributed by atoms with van der Waals surface area (Å²) >= 11 is 1.69. The number of hydrogen-bond acceptors (Lipinski definition) is 6. The Hall–Kier alpha value is -5.38. The average molecular weight is 681 g/mol. The molecule has 2 aliphatic rings. The molecule has 2 saturated carbocycles. The Morgan fingerprint density at radius 3 is 1.98 bits per heavy atom. The fraction of sp³-hybridized carbons (Fsp3) is 0.244. The molecule has 2 fully saturated rings. The quantitative estimate of drug-likeness (QED) is 0.185. The van der Waals surface area contributed by atoms with Gasteiger partial charge in [-0.05, 0) is 103 Å². The van der Waals surface area contributed by atoms with Gasteiger partial charge in [0.2, 0.25) is 0 Å². The smallest absolute Gasteiger partial charge is 0.164 e. The van der Waals surface area contributed by atoms with Gasteiger partial charge in [-0.3, -0.25) is 0 Å². The molecule has 3 heterocycles. The lowest BCUT2D eigenvalue weighted by atomic mass is 9.54. The number of nitrogens with zero attached hydrogens (tertiary/aromatic N) is 4. The molecule has 0 aliphatic heterocycles. The van der Waals surface area contributed by atoms with Crippen molar-refractivity contribution < 1.29 is 4.42 Å². The van der Waals surface area contributed by atoms with Crippen LogP contribution in [0.15, 0.2) is 108 Å². The summed E-state index contributed by atoms with van der Waals surface area (Å²) in [7, 11) is 0. The first-order valence-corrected chi connectivity index (χ1v) is 18.9. The molecule has 4 atom stereocenters. The van der Waals surface area contributed by atoms with Crippen LogP contribution in [0.2, 0.25) is 0 Å². The van der Waals surface area contributed by atoms with E-state index in [0.717, 1.165) is 71.2 Å². The lowest BCUT2D eigenvalue weighted by molar-refractivity contribution is 0.0780. The van der Waals surface area contributed by atoms with Gasteiger partial charge in [-0.2, -0.15) is 5.26 Å². The summed E-state index contributed by atoms with van der Waals surface area (Å²) in [5.41, 5.74) is 6.96. The molecule has 248 valence electrons. The van der Waals surface area contributed by atoms with Gasteiger partial charge in [0.15, 0.2) is 17.5 Å². The largest absolute Gasteiger partial charge is 0.456 e. The normalized spacial score (nSPS) is 21.8. The zero-order valence-electron chi connectivity index (χ0n) is 28.7. The van der Waals surface area contributed by atoms with Crippen molar-refractivity contribution in [2.45, 2.75) is 51.4 Å². The van der Waals surface area contributed by atoms with Crippen molar-refractivity contribution in [3.05, 3.63) is 114 Å². The maximum Gasteiger partial charge on any atom is 0.164 e. The highest BCUT2D eigenvalue weighted by atomic mass is 32.1. The van der Waals surface area contributed by atoms with Crippen molar-refractivity contribution in [2.75, 3.05) is 0 Å². The van der Waals surface area contributed by atoms with Gasteiger partial charge >= 0.3 is 0 Å². The molecule has 10 rings (SSSR count). The first kappa shape index (κ1) is 30.4. The number of thiophene rings is 1. The Kier molecular flexibility index (Phi) is 6.91. The predicted molar refractivity (Wildman–Crippen MR) is 208 cm³/mol. The number of hydrogen-bond donors (Lipinski definition) is 0. The molecule has 51 heavy (non-hydrogen) atoms. The first-order chi connectivity index (χ1) is 24.9. The van der Waals surface area contributed by atoms with E-state index in [1.807, 2.05) is 48.5 Å². The fourth-order valence-corrected chi connectivity index (χ4v) is 10.8. The third kappa shape index (κ3) is 5.14. The molecule has 0 amide bonds. The molecule has 0 radical (unpaired) electrons. The van der Waals surface area contributed by atoms with Crippen molar-refractivity contribution >= 4 is 53.4 Å². The molecule has 0 spiro atoms. The van der Waals surface area contributed by atoms with Gasteiger partial charge in [-0.1, -0.05) is 74.5 Å². The third-order valence-electron chi connectivity index (χ3n) is 11.5. The van der Waals surface area contributed by atoms with Crippen LogP contribution >= 0.6 is 11.3 Å². The number of furan rings is 1. The molecule has 6 heteroatoms. The topological polar surface area (TPSA) is 75.6 Å². The lowest BCUT2D eigenvalue weighted by Crippen LogP contribution is -2.42. The van der Waals surface area contributed by atoms with E-state index >= 15 is 0 Å². The fourth-order valence-electron chi connectivity index (χ4n) is 9.64. The first-order valence-electron chi connectivity index (χ1n) is 18.1. The maximum atomic E-state index is 9.47. The predicted octanol–water partition coefficient (Wildman–Crippen LogP) is 12.1. The zero-order valence-corrected chi connectivity index (χ0v) is 29.5. The van der Waals surface area contributed by atoms with E-state index in [9.17, 15) is 5.26 Å². The minimum absolute atomic E-state index is 0.268. The van der Waals surface area contributed by atoms with Crippen LogP contribution in [0.1, 0.15) is 57.1 Å². The number of benzene rings is 5. The molecular weight excluding hydrogens is 645 g/mol. The monoisotopic (exact) mass is 680 g/mol. The van der Waals surface area contributed by atoms with Crippen LogP contribution in [0.5, 0.6) is 0 Å². The van der Waals surface area contributed by atoms with Crippen LogP contribution < -0.4 is 0 Å². The second kappa shape index (κ2) is 11.6. The highest BCUT2D eigenvalue weighted by Gasteiger charge is 2.45. The van der Waals surface area contributed by atoms with Gasteiger partial charge in [0.05, 0.1) is 11.6 Å². The van der Waals surface area contributed by atoms with Crippen molar-refractivity contribution in [3.63, 3.8) is 0 Å². The van der Waals surface area contributed by atoms with E-state index < -0.39 is 0 Å². The number of rotatable bonds is 4. The minimum Gasteiger partial charge on any atom is -0.456 e. The molecule has 2 unspecified atom stereocenters. The van der Waals surface area contributed by atoms with E-state index in [-0.39, 0.29) is 5.41 Å². The summed E-state index contributed by atoms with van der Waals surface area (Å²) < 4.78 is 8.38. The molecule has 5 aromatic carbocycles. The van der Waals surface area contributed by atoms with E-state index in [4.69, 9.17) is 19.4 Å². The number of para-hydroxylation sites is 1. The Morgan fingerprint density at radius 1 is 0.627 bits per heavy atom. The highest BCUT2D eigenvalue weighted by molar-refractivity contribution is 7.25. The molecule has 8 aromatic rings. The number of aromatic nitrogens is 3. The molecule has 0 saturated heterocycles. The number of fused-ring (bicyclic) bond motifs is 8. The number of nitriles is 1. The highest BCUT2D eigenvalue weighted by Crippen LogP contribution is 2.54. The Labute approximate surface area is 300 Å². The van der Waals surface area contributed by atoms with E-state index in [0.29, 0.717) is 23.0 Å². The second-order valence-electron chi connectivity index (χ2n) is 15.3. The van der Waals surface area contributed by atoms with Crippen molar-refractivity contribution in [1.82, 2.24) is 15.0 Å². The van der Waals surface area contributed by atoms with Gasteiger partial charge < -0.3 is 4.42 Å². The standard InChI is InChI=1S/C45H36N4OS/c1-26-17-29-18-27(2)23-45(22-26,24-29)33-12-8-30(9-13-33)42-47-43(31-11-16-39-37(20-31)34-5-3-4-6-38(34)50-39)49-44(48-42)32-10-15-36-35-14-7-28(25-46)19-40(35)51-41(36)21-32/h3-16,19-21,26-27,29H,17-18,22-24H2,1-2H3/t26-,27+,29?,45?. The van der Waals surface area contributed by atoms with Crippen LogP contribution in [0.25, 0.3) is 76.3 Å². The molecule has 2 aliphatic carbocycles. The Balaban J connectivity index is 1.11. The Bertz CT molecular complexity index is 2680. The van der Waals surface area contributed by atoms with Gasteiger partial charge in [0, 0.05) is 47.6 Å². The SMILES string of the molecule is C[C@@H]1CC2C[C@H](C)CC(c3ccc(-c4nc(-c5ccc6c(c5)sc5cc(C#N)ccc56)nc(-c5ccc6oc7ccccc7c6c5)n4)cc3)(C2)C1. The van der Waals surface area contributed by atoms with Gasteiger partial charge in [0.1, 0.15) is 11.2 Å². The van der Waals surface area contributed by atoms with Gasteiger partial charge in [-0.15, -0.1) is 11.3 Å². The third-order valence-corrected chi connectivity index (χ3v) is 12.6. The van der Waals surface area contributed by atoms with Crippen LogP contribution in [-0.2, 0) is 5.41 Å². The average Bonchev–Trinajstić information content (AvgIpc) is 3.71. The zero-order chi connectivity index (χ0) is 34.3. The molecular formula is C45H36N4OS. The lowest BCUT2D eigenvalue weighted by Gasteiger charge is -2.50. The van der Waals surface area contributed by atoms with E-state index in [1.54, 1.807) is 11.3 Å². The van der Waals surface area contributed by atoms with Crippen molar-refractivity contribution in [3.8, 4) is 40.2 Å². The van der Waals surface area contributed by atoms with E-state index in [2.05, 4.69) is 74.5 Å². The Morgan fingerprint density at radius 2 is 1.24 bits per heavy atom. The van der Waals surface area contributed by atoms with Crippen LogP contribution in [0.4, 0.5) is 0 Å².